The number of benzene rings is 1. The number of hydrogen-bond acceptors (Lipinski definition) is 7. The summed E-state index contributed by atoms with van der Waals surface area (Å²) >= 11 is 0. The van der Waals surface area contributed by atoms with Crippen LogP contribution in [0.2, 0.25) is 0 Å². The fourth-order valence-electron chi connectivity index (χ4n) is 3.30. The first-order valence-corrected chi connectivity index (χ1v) is 11.3. The Morgan fingerprint density at radius 2 is 2.00 bits per heavy atom. The molecule has 0 fully saturated rings. The summed E-state index contributed by atoms with van der Waals surface area (Å²) in [5.41, 5.74) is -0.742. The Hall–Kier alpha value is -4.13. The second kappa shape index (κ2) is 9.02. The van der Waals surface area contributed by atoms with Gasteiger partial charge in [0.25, 0.3) is 10.0 Å². The van der Waals surface area contributed by atoms with Crippen molar-refractivity contribution in [1.82, 2.24) is 24.5 Å². The second-order valence-corrected chi connectivity index (χ2v) is 8.91. The molecule has 3 heterocycles. The minimum Gasteiger partial charge on any atom is -0.465 e. The van der Waals surface area contributed by atoms with Gasteiger partial charge in [0.15, 0.2) is 5.82 Å². The minimum atomic E-state index is -4.45. The maximum atomic E-state index is 15.4. The normalized spacial score (nSPS) is 11.5. The lowest BCUT2D eigenvalue weighted by Crippen LogP contribution is -2.23. The molecular formula is C21H17F2N5O5S. The van der Waals surface area contributed by atoms with Gasteiger partial charge in [-0.1, -0.05) is 6.07 Å². The molecule has 0 unspecified atom stereocenters. The van der Waals surface area contributed by atoms with E-state index in [2.05, 4.69) is 20.5 Å². The lowest BCUT2D eigenvalue weighted by Gasteiger charge is -2.11. The third kappa shape index (κ3) is 4.37. The number of halogens is 2. The largest absolute Gasteiger partial charge is 0.465 e. The smallest absolute Gasteiger partial charge is 0.404 e. The molecule has 1 amide bonds. The van der Waals surface area contributed by atoms with E-state index in [0.29, 0.717) is 9.54 Å². The molecule has 10 nitrogen and oxygen atoms in total. The predicted molar refractivity (Wildman–Crippen MR) is 114 cm³/mol. The van der Waals surface area contributed by atoms with Gasteiger partial charge in [-0.15, -0.1) is 10.2 Å². The van der Waals surface area contributed by atoms with Crippen molar-refractivity contribution in [1.29, 1.82) is 0 Å². The van der Waals surface area contributed by atoms with Crippen molar-refractivity contribution >= 4 is 16.1 Å². The molecule has 0 aliphatic carbocycles. The molecule has 2 N–H and O–H groups in total. The Morgan fingerprint density at radius 3 is 2.68 bits per heavy atom. The molecule has 4 rings (SSSR count). The molecule has 0 radical (unpaired) electrons. The Labute approximate surface area is 192 Å². The summed E-state index contributed by atoms with van der Waals surface area (Å²) in [6.45, 7) is 1.40. The van der Waals surface area contributed by atoms with Crippen LogP contribution in [-0.2, 0) is 16.4 Å². The predicted octanol–water partition coefficient (Wildman–Crippen LogP) is 3.23. The molecule has 3 aromatic heterocycles. The van der Waals surface area contributed by atoms with E-state index in [1.54, 1.807) is 13.0 Å². The van der Waals surface area contributed by atoms with Gasteiger partial charge in [0.05, 0.1) is 10.5 Å². The van der Waals surface area contributed by atoms with Crippen LogP contribution in [-0.4, -0.2) is 45.3 Å². The van der Waals surface area contributed by atoms with Crippen LogP contribution >= 0.6 is 0 Å². The average Bonchev–Trinajstić information content (AvgIpc) is 3.38. The fourth-order valence-corrected chi connectivity index (χ4v) is 4.73. The second-order valence-electron chi connectivity index (χ2n) is 7.10. The van der Waals surface area contributed by atoms with Gasteiger partial charge in [0, 0.05) is 37.0 Å². The van der Waals surface area contributed by atoms with Crippen LogP contribution in [0, 0.1) is 18.7 Å². The SMILES string of the molecule is Cc1nnc(-c2cccc(S(=O)(=O)n3cc(CCNC(=O)O)c(F)c3-c3cccnc3F)c2)o1. The molecule has 0 atom stereocenters. The average molecular weight is 489 g/mol. The number of carboxylic acid groups (broad SMARTS) is 1. The van der Waals surface area contributed by atoms with Crippen molar-refractivity contribution in [3.8, 4) is 22.7 Å². The van der Waals surface area contributed by atoms with Gasteiger partial charge in [0.1, 0.15) is 5.69 Å². The van der Waals surface area contributed by atoms with Crippen LogP contribution in [0.4, 0.5) is 13.6 Å². The summed E-state index contributed by atoms with van der Waals surface area (Å²) < 4.78 is 62.9. The maximum absolute atomic E-state index is 15.4. The number of rotatable bonds is 7. The number of hydrogen-bond donors (Lipinski definition) is 2. The van der Waals surface area contributed by atoms with E-state index in [9.17, 15) is 17.6 Å². The van der Waals surface area contributed by atoms with Crippen LogP contribution in [0.1, 0.15) is 11.5 Å². The quantitative estimate of drug-likeness (QED) is 0.377. The molecule has 0 saturated heterocycles. The monoisotopic (exact) mass is 489 g/mol. The summed E-state index contributed by atoms with van der Waals surface area (Å²) in [7, 11) is -4.45. The summed E-state index contributed by atoms with van der Waals surface area (Å²) in [6, 6.07) is 8.11. The first kappa shape index (κ1) is 23.0. The van der Waals surface area contributed by atoms with Gasteiger partial charge in [-0.3, -0.25) is 0 Å². The Balaban J connectivity index is 1.85. The van der Waals surface area contributed by atoms with Crippen molar-refractivity contribution in [2.45, 2.75) is 18.2 Å². The highest BCUT2D eigenvalue weighted by Gasteiger charge is 2.29. The number of aromatic nitrogens is 4. The zero-order valence-electron chi connectivity index (χ0n) is 17.6. The molecule has 0 bridgehead atoms. The van der Waals surface area contributed by atoms with Gasteiger partial charge in [-0.25, -0.2) is 26.6 Å². The highest BCUT2D eigenvalue weighted by Crippen LogP contribution is 2.33. The number of nitrogens with zero attached hydrogens (tertiary/aromatic N) is 4. The van der Waals surface area contributed by atoms with E-state index >= 15 is 4.39 Å². The van der Waals surface area contributed by atoms with E-state index in [4.69, 9.17) is 9.52 Å². The van der Waals surface area contributed by atoms with Crippen LogP contribution < -0.4 is 5.32 Å². The topological polar surface area (TPSA) is 140 Å². The Kier molecular flexibility index (Phi) is 6.11. The van der Waals surface area contributed by atoms with E-state index < -0.39 is 33.6 Å². The molecular weight excluding hydrogens is 472 g/mol. The van der Waals surface area contributed by atoms with E-state index in [0.717, 1.165) is 12.4 Å². The molecule has 0 spiro atoms. The summed E-state index contributed by atoms with van der Waals surface area (Å²) in [6.07, 6.45) is 0.654. The van der Waals surface area contributed by atoms with Crippen LogP contribution in [0.25, 0.3) is 22.7 Å². The van der Waals surface area contributed by atoms with Gasteiger partial charge in [-0.2, -0.15) is 4.39 Å². The van der Waals surface area contributed by atoms with Crippen molar-refractivity contribution in [3.63, 3.8) is 0 Å². The van der Waals surface area contributed by atoms with E-state index in [-0.39, 0.29) is 40.8 Å². The summed E-state index contributed by atoms with van der Waals surface area (Å²) in [5.74, 6) is -1.70. The van der Waals surface area contributed by atoms with Gasteiger partial charge in [0.2, 0.25) is 17.7 Å². The molecule has 34 heavy (non-hydrogen) atoms. The molecule has 13 heteroatoms. The fraction of sp³-hybridized carbons (Fsp3) is 0.143. The number of aryl methyl sites for hydroxylation is 1. The lowest BCUT2D eigenvalue weighted by atomic mass is 10.1. The highest BCUT2D eigenvalue weighted by molar-refractivity contribution is 7.90. The molecule has 4 aromatic rings. The van der Waals surface area contributed by atoms with Gasteiger partial charge >= 0.3 is 6.09 Å². The molecule has 0 saturated carbocycles. The third-order valence-electron chi connectivity index (χ3n) is 4.83. The van der Waals surface area contributed by atoms with Gasteiger partial charge < -0.3 is 14.8 Å². The first-order chi connectivity index (χ1) is 16.2. The standard InChI is InChI=1S/C21H17F2N5O5S/c1-12-26-27-20(33-12)13-4-2-5-15(10-13)34(31,32)28-11-14(7-9-25-21(29)30)17(22)18(28)16-6-3-8-24-19(16)23/h2-6,8,10-11,25H,7,9H2,1H3,(H,29,30). The number of carbonyl (C=O) groups is 1. The van der Waals surface area contributed by atoms with Crippen molar-refractivity contribution < 1.29 is 31.5 Å². The van der Waals surface area contributed by atoms with Crippen molar-refractivity contribution in [3.05, 3.63) is 72.0 Å². The van der Waals surface area contributed by atoms with Crippen molar-refractivity contribution in [2.75, 3.05) is 6.54 Å². The number of pyridine rings is 1. The number of nitrogens with one attached hydrogen (secondary N) is 1. The molecule has 1 aromatic carbocycles. The highest BCUT2D eigenvalue weighted by atomic mass is 32.2. The molecule has 176 valence electrons. The van der Waals surface area contributed by atoms with Crippen LogP contribution in [0.3, 0.4) is 0 Å². The molecule has 0 aliphatic rings. The summed E-state index contributed by atoms with van der Waals surface area (Å²) in [5, 5.41) is 18.4. The zero-order valence-corrected chi connectivity index (χ0v) is 18.4. The van der Waals surface area contributed by atoms with Crippen LogP contribution in [0.5, 0.6) is 0 Å². The van der Waals surface area contributed by atoms with E-state index in [1.165, 1.54) is 30.3 Å². The van der Waals surface area contributed by atoms with Gasteiger partial charge in [-0.05, 0) is 36.8 Å². The zero-order chi connectivity index (χ0) is 24.5. The lowest BCUT2D eigenvalue weighted by molar-refractivity contribution is 0.194. The Bertz CT molecular complexity index is 1480. The maximum Gasteiger partial charge on any atom is 0.404 e. The van der Waals surface area contributed by atoms with Crippen LogP contribution in [0.15, 0.2) is 58.1 Å². The number of amides is 1. The first-order valence-electron chi connectivity index (χ1n) is 9.82. The van der Waals surface area contributed by atoms with Crippen molar-refractivity contribution in [2.24, 2.45) is 0 Å². The minimum absolute atomic E-state index is 0.0900. The third-order valence-corrected chi connectivity index (χ3v) is 6.49. The van der Waals surface area contributed by atoms with E-state index in [1.807, 2.05) is 0 Å². The Morgan fingerprint density at radius 1 is 1.21 bits per heavy atom. The molecule has 0 aliphatic heterocycles. The summed E-state index contributed by atoms with van der Waals surface area (Å²) in [4.78, 5) is 14.0.